The first kappa shape index (κ1) is 18.7. The molecule has 0 aliphatic rings. The number of aliphatic carboxylic acids is 1. The van der Waals surface area contributed by atoms with Crippen molar-refractivity contribution in [2.45, 2.75) is 17.7 Å². The molecule has 2 aromatic rings. The molecule has 1 unspecified atom stereocenters. The topological polar surface area (TPSA) is 97.7 Å². The number of ether oxygens (including phenoxy) is 1. The highest BCUT2D eigenvalue weighted by Crippen LogP contribution is 2.24. The van der Waals surface area contributed by atoms with Crippen LogP contribution in [-0.2, 0) is 14.6 Å². The SMILES string of the molecule is CCOc1ccc(C(C(=O)O)C(=O)c2ccc(S(C)(=O)=O)cc2)cc1. The van der Waals surface area contributed by atoms with Gasteiger partial charge in [-0.25, -0.2) is 8.42 Å². The van der Waals surface area contributed by atoms with Gasteiger partial charge >= 0.3 is 5.97 Å². The highest BCUT2D eigenvalue weighted by atomic mass is 32.2. The van der Waals surface area contributed by atoms with Crippen LogP contribution < -0.4 is 4.74 Å². The first-order chi connectivity index (χ1) is 11.7. The van der Waals surface area contributed by atoms with Gasteiger partial charge in [0.2, 0.25) is 0 Å². The molecule has 6 nitrogen and oxygen atoms in total. The fraction of sp³-hybridized carbons (Fsp3) is 0.222. The van der Waals surface area contributed by atoms with Crippen molar-refractivity contribution in [1.82, 2.24) is 0 Å². The predicted octanol–water partition coefficient (Wildman–Crippen LogP) is 2.54. The summed E-state index contributed by atoms with van der Waals surface area (Å²) >= 11 is 0. The second kappa shape index (κ2) is 7.48. The first-order valence-electron chi connectivity index (χ1n) is 7.54. The molecular formula is C18H18O6S. The van der Waals surface area contributed by atoms with Crippen LogP contribution in [0.1, 0.15) is 28.8 Å². The highest BCUT2D eigenvalue weighted by molar-refractivity contribution is 7.90. The molecule has 0 aliphatic heterocycles. The molecule has 2 rings (SSSR count). The Morgan fingerprint density at radius 1 is 1.04 bits per heavy atom. The number of hydrogen-bond donors (Lipinski definition) is 1. The lowest BCUT2D eigenvalue weighted by Gasteiger charge is -2.13. The van der Waals surface area contributed by atoms with Crippen molar-refractivity contribution in [2.75, 3.05) is 12.9 Å². The van der Waals surface area contributed by atoms with Crippen molar-refractivity contribution in [1.29, 1.82) is 0 Å². The molecule has 2 aromatic carbocycles. The van der Waals surface area contributed by atoms with Gasteiger partial charge in [0.05, 0.1) is 11.5 Å². The number of sulfone groups is 1. The van der Waals surface area contributed by atoms with E-state index in [1.807, 2.05) is 6.92 Å². The number of carbonyl (C=O) groups is 2. The van der Waals surface area contributed by atoms with Gasteiger partial charge in [-0.15, -0.1) is 0 Å². The fourth-order valence-electron chi connectivity index (χ4n) is 2.36. The normalized spacial score (nSPS) is 12.4. The van der Waals surface area contributed by atoms with Gasteiger partial charge in [-0.1, -0.05) is 24.3 Å². The maximum Gasteiger partial charge on any atom is 0.318 e. The Hall–Kier alpha value is -2.67. The van der Waals surface area contributed by atoms with Crippen LogP contribution in [-0.4, -0.2) is 38.1 Å². The number of carbonyl (C=O) groups excluding carboxylic acids is 1. The minimum absolute atomic E-state index is 0.0667. The molecule has 7 heteroatoms. The van der Waals surface area contributed by atoms with E-state index in [4.69, 9.17) is 4.74 Å². The molecule has 0 aliphatic carbocycles. The van der Waals surface area contributed by atoms with Crippen molar-refractivity contribution in [3.05, 3.63) is 59.7 Å². The van der Waals surface area contributed by atoms with E-state index in [2.05, 4.69) is 0 Å². The van der Waals surface area contributed by atoms with Crippen molar-refractivity contribution < 1.29 is 27.9 Å². The van der Waals surface area contributed by atoms with Crippen LogP contribution in [0.4, 0.5) is 0 Å². The average Bonchev–Trinajstić information content (AvgIpc) is 2.56. The lowest BCUT2D eigenvalue weighted by atomic mass is 9.90. The number of carboxylic acid groups (broad SMARTS) is 1. The molecule has 0 bridgehead atoms. The molecule has 0 amide bonds. The van der Waals surface area contributed by atoms with E-state index in [9.17, 15) is 23.1 Å². The molecule has 0 spiro atoms. The molecule has 1 N–H and O–H groups in total. The van der Waals surface area contributed by atoms with Gasteiger partial charge < -0.3 is 9.84 Å². The summed E-state index contributed by atoms with van der Waals surface area (Å²) in [6, 6.07) is 11.5. The Bertz CT molecular complexity index is 867. The largest absolute Gasteiger partial charge is 0.494 e. The molecule has 0 saturated heterocycles. The van der Waals surface area contributed by atoms with Crippen molar-refractivity contribution >= 4 is 21.6 Å². The zero-order valence-corrected chi connectivity index (χ0v) is 14.6. The number of carboxylic acids is 1. The third kappa shape index (κ3) is 4.45. The Morgan fingerprint density at radius 3 is 2.04 bits per heavy atom. The number of benzene rings is 2. The zero-order chi connectivity index (χ0) is 18.6. The summed E-state index contributed by atoms with van der Waals surface area (Å²) in [6.45, 7) is 2.31. The number of Topliss-reactive ketones (excluding diaryl/α,β-unsaturated/α-hetero) is 1. The van der Waals surface area contributed by atoms with Crippen molar-refractivity contribution in [3.8, 4) is 5.75 Å². The smallest absolute Gasteiger partial charge is 0.318 e. The van der Waals surface area contributed by atoms with Crippen LogP contribution in [0.5, 0.6) is 5.75 Å². The average molecular weight is 362 g/mol. The van der Waals surface area contributed by atoms with Gasteiger partial charge in [0.15, 0.2) is 15.6 Å². The fourth-order valence-corrected chi connectivity index (χ4v) is 2.99. The number of ketones is 1. The second-order valence-corrected chi connectivity index (χ2v) is 7.45. The zero-order valence-electron chi connectivity index (χ0n) is 13.8. The quantitative estimate of drug-likeness (QED) is 0.600. The van der Waals surface area contributed by atoms with Crippen LogP contribution in [0.2, 0.25) is 0 Å². The van der Waals surface area contributed by atoms with Gasteiger partial charge in [0.25, 0.3) is 0 Å². The lowest BCUT2D eigenvalue weighted by Crippen LogP contribution is -2.22. The second-order valence-electron chi connectivity index (χ2n) is 5.43. The van der Waals surface area contributed by atoms with E-state index in [1.54, 1.807) is 12.1 Å². The molecule has 0 saturated carbocycles. The summed E-state index contributed by atoms with van der Waals surface area (Å²) in [5, 5.41) is 9.47. The molecule has 1 atom stereocenters. The number of rotatable bonds is 7. The van der Waals surface area contributed by atoms with E-state index in [0.29, 0.717) is 17.9 Å². The first-order valence-corrected chi connectivity index (χ1v) is 9.43. The summed E-state index contributed by atoms with van der Waals surface area (Å²) < 4.78 is 28.2. The van der Waals surface area contributed by atoms with E-state index >= 15 is 0 Å². The lowest BCUT2D eigenvalue weighted by molar-refractivity contribution is -0.137. The van der Waals surface area contributed by atoms with Gasteiger partial charge in [-0.3, -0.25) is 9.59 Å². The van der Waals surface area contributed by atoms with E-state index in [0.717, 1.165) is 6.26 Å². The van der Waals surface area contributed by atoms with Gasteiger partial charge in [-0.2, -0.15) is 0 Å². The van der Waals surface area contributed by atoms with Crippen molar-refractivity contribution in [2.24, 2.45) is 0 Å². The Balaban J connectivity index is 2.33. The van der Waals surface area contributed by atoms with Gasteiger partial charge in [-0.05, 0) is 36.8 Å². The maximum absolute atomic E-state index is 12.6. The summed E-state index contributed by atoms with van der Waals surface area (Å²) in [7, 11) is -3.39. The van der Waals surface area contributed by atoms with Crippen LogP contribution in [0.3, 0.4) is 0 Å². The van der Waals surface area contributed by atoms with E-state index < -0.39 is 27.5 Å². The summed E-state index contributed by atoms with van der Waals surface area (Å²) in [5.74, 6) is -2.68. The summed E-state index contributed by atoms with van der Waals surface area (Å²) in [4.78, 5) is 24.3. The van der Waals surface area contributed by atoms with E-state index in [1.165, 1.54) is 36.4 Å². The number of hydrogen-bond acceptors (Lipinski definition) is 5. The Labute approximate surface area is 146 Å². The highest BCUT2D eigenvalue weighted by Gasteiger charge is 2.29. The predicted molar refractivity (Wildman–Crippen MR) is 91.9 cm³/mol. The van der Waals surface area contributed by atoms with Crippen LogP contribution >= 0.6 is 0 Å². The van der Waals surface area contributed by atoms with E-state index in [-0.39, 0.29) is 10.5 Å². The minimum atomic E-state index is -3.39. The molecule has 0 aromatic heterocycles. The molecule has 132 valence electrons. The minimum Gasteiger partial charge on any atom is -0.494 e. The molecule has 25 heavy (non-hydrogen) atoms. The monoisotopic (exact) mass is 362 g/mol. The summed E-state index contributed by atoms with van der Waals surface area (Å²) in [6.07, 6.45) is 1.06. The molecule has 0 fully saturated rings. The van der Waals surface area contributed by atoms with Crippen molar-refractivity contribution in [3.63, 3.8) is 0 Å². The third-order valence-corrected chi connectivity index (χ3v) is 4.73. The van der Waals surface area contributed by atoms with Crippen LogP contribution in [0.15, 0.2) is 53.4 Å². The standard InChI is InChI=1S/C18H18O6S/c1-3-24-14-8-4-12(5-9-14)16(18(20)21)17(19)13-6-10-15(11-7-13)25(2,22)23/h4-11,16H,3H2,1-2H3,(H,20,21). The van der Waals surface area contributed by atoms with Gasteiger partial charge in [0.1, 0.15) is 11.7 Å². The molecular weight excluding hydrogens is 344 g/mol. The molecule has 0 heterocycles. The Morgan fingerprint density at radius 2 is 1.60 bits per heavy atom. The molecule has 0 radical (unpaired) electrons. The van der Waals surface area contributed by atoms with Crippen LogP contribution in [0, 0.1) is 0 Å². The van der Waals surface area contributed by atoms with Gasteiger partial charge in [0, 0.05) is 11.8 Å². The summed E-state index contributed by atoms with van der Waals surface area (Å²) in [5.41, 5.74) is 0.460. The van der Waals surface area contributed by atoms with Crippen LogP contribution in [0.25, 0.3) is 0 Å². The Kier molecular flexibility index (Phi) is 5.58. The third-order valence-electron chi connectivity index (χ3n) is 3.60. The maximum atomic E-state index is 12.6.